The predicted molar refractivity (Wildman–Crippen MR) is 59.5 cm³/mol. The quantitative estimate of drug-likeness (QED) is 0.507. The van der Waals surface area contributed by atoms with Gasteiger partial charge in [0.05, 0.1) is 0 Å². The lowest BCUT2D eigenvalue weighted by Gasteiger charge is -2.04. The van der Waals surface area contributed by atoms with Gasteiger partial charge in [0.2, 0.25) is 0 Å². The molecule has 0 bridgehead atoms. The van der Waals surface area contributed by atoms with Crippen LogP contribution in [0.3, 0.4) is 0 Å². The fraction of sp³-hybridized carbons (Fsp3) is 0.182. The molecule has 0 saturated carbocycles. The molecule has 0 aliphatic carbocycles. The third-order valence-electron chi connectivity index (χ3n) is 1.62. The summed E-state index contributed by atoms with van der Waals surface area (Å²) in [6.07, 6.45) is 5.79. The van der Waals surface area contributed by atoms with Crippen LogP contribution in [0.5, 0.6) is 0 Å². The summed E-state index contributed by atoms with van der Waals surface area (Å²) in [7, 11) is 0. The Kier molecular flexibility index (Phi) is 5.28. The number of rotatable bonds is 5. The van der Waals surface area contributed by atoms with Gasteiger partial charge in [0.25, 0.3) is 0 Å². The van der Waals surface area contributed by atoms with Crippen molar-refractivity contribution in [2.75, 3.05) is 0 Å². The predicted octanol–water partition coefficient (Wildman–Crippen LogP) is 2.57. The first-order chi connectivity index (χ1) is 6.15. The van der Waals surface area contributed by atoms with Crippen molar-refractivity contribution in [3.05, 3.63) is 48.4 Å². The summed E-state index contributed by atoms with van der Waals surface area (Å²) in [6.45, 7) is 12.6. The van der Waals surface area contributed by atoms with Gasteiger partial charge in [-0.25, -0.2) is 0 Å². The van der Waals surface area contributed by atoms with Crippen LogP contribution in [0.4, 0.5) is 0 Å². The number of hydrogen-bond donors (Lipinski definition) is 1. The summed E-state index contributed by atoms with van der Waals surface area (Å²) in [4.78, 5) is 3.67. The van der Waals surface area contributed by atoms with E-state index in [1.165, 1.54) is 0 Å². The Morgan fingerprint density at radius 1 is 1.38 bits per heavy atom. The smallest absolute Gasteiger partial charge is 0.0343 e. The number of aliphatic imine (C=N–C) groups is 1. The van der Waals surface area contributed by atoms with Gasteiger partial charge in [-0.1, -0.05) is 24.8 Å². The molecule has 2 N–H and O–H groups in total. The van der Waals surface area contributed by atoms with Crippen molar-refractivity contribution >= 4 is 6.72 Å². The Hall–Kier alpha value is -1.57. The van der Waals surface area contributed by atoms with Gasteiger partial charge in [-0.2, -0.15) is 0 Å². The maximum Gasteiger partial charge on any atom is 0.0343 e. The first kappa shape index (κ1) is 11.4. The lowest BCUT2D eigenvalue weighted by atomic mass is 10.1. The molecule has 0 unspecified atom stereocenters. The lowest BCUT2D eigenvalue weighted by molar-refractivity contribution is 1.11. The molecule has 2 heteroatoms. The highest BCUT2D eigenvalue weighted by atomic mass is 14.6. The van der Waals surface area contributed by atoms with Crippen LogP contribution in [-0.2, 0) is 0 Å². The first-order valence-corrected chi connectivity index (χ1v) is 4.00. The van der Waals surface area contributed by atoms with Crippen LogP contribution in [0.15, 0.2) is 53.3 Å². The minimum absolute atomic E-state index is 0.659. The van der Waals surface area contributed by atoms with Crippen LogP contribution in [-0.4, -0.2) is 6.72 Å². The second-order valence-electron chi connectivity index (χ2n) is 2.72. The summed E-state index contributed by atoms with van der Waals surface area (Å²) < 4.78 is 0. The van der Waals surface area contributed by atoms with E-state index in [4.69, 9.17) is 5.73 Å². The standard InChI is InChI=1S/C11H16N2/c1-5-10(11(12)6-2)7-9(3)8-13-4/h5-6,8H,1-2,4,7,12H2,3H3/b9-8+,11-10-. The molecule has 0 fully saturated rings. The highest BCUT2D eigenvalue weighted by Crippen LogP contribution is 2.13. The largest absolute Gasteiger partial charge is 0.399 e. The second-order valence-corrected chi connectivity index (χ2v) is 2.72. The number of nitrogens with two attached hydrogens (primary N) is 1. The van der Waals surface area contributed by atoms with E-state index in [0.717, 1.165) is 17.6 Å². The van der Waals surface area contributed by atoms with Crippen LogP contribution in [0.1, 0.15) is 13.3 Å². The van der Waals surface area contributed by atoms with Gasteiger partial charge in [0.15, 0.2) is 0 Å². The Morgan fingerprint density at radius 3 is 2.38 bits per heavy atom. The second kappa shape index (κ2) is 6.00. The third kappa shape index (κ3) is 4.11. The molecular formula is C11H16N2. The Bertz CT molecular complexity index is 270. The molecule has 0 aromatic rings. The fourth-order valence-corrected chi connectivity index (χ4v) is 0.925. The molecule has 2 nitrogen and oxygen atoms in total. The van der Waals surface area contributed by atoms with Crippen molar-refractivity contribution in [1.29, 1.82) is 0 Å². The van der Waals surface area contributed by atoms with Crippen LogP contribution in [0, 0.1) is 0 Å². The molecule has 0 rings (SSSR count). The normalized spacial score (nSPS) is 13.2. The van der Waals surface area contributed by atoms with E-state index in [9.17, 15) is 0 Å². The average Bonchev–Trinajstić information content (AvgIpc) is 2.13. The zero-order valence-corrected chi connectivity index (χ0v) is 8.09. The van der Waals surface area contributed by atoms with E-state index in [2.05, 4.69) is 24.9 Å². The molecule has 0 aromatic carbocycles. The van der Waals surface area contributed by atoms with Gasteiger partial charge < -0.3 is 5.73 Å². The van der Waals surface area contributed by atoms with Gasteiger partial charge in [-0.05, 0) is 31.7 Å². The van der Waals surface area contributed by atoms with E-state index >= 15 is 0 Å². The summed E-state index contributed by atoms with van der Waals surface area (Å²) in [5.74, 6) is 0. The summed E-state index contributed by atoms with van der Waals surface area (Å²) in [5.41, 5.74) is 8.41. The van der Waals surface area contributed by atoms with Gasteiger partial charge in [-0.3, -0.25) is 4.99 Å². The fourth-order valence-electron chi connectivity index (χ4n) is 0.925. The van der Waals surface area contributed by atoms with E-state index in [0.29, 0.717) is 5.70 Å². The molecular weight excluding hydrogens is 160 g/mol. The van der Waals surface area contributed by atoms with Crippen molar-refractivity contribution in [2.45, 2.75) is 13.3 Å². The Morgan fingerprint density at radius 2 is 2.00 bits per heavy atom. The molecule has 0 spiro atoms. The van der Waals surface area contributed by atoms with Gasteiger partial charge >= 0.3 is 0 Å². The summed E-state index contributed by atoms with van der Waals surface area (Å²) >= 11 is 0. The highest BCUT2D eigenvalue weighted by molar-refractivity contribution is 5.33. The minimum Gasteiger partial charge on any atom is -0.399 e. The molecule has 0 radical (unpaired) electrons. The molecule has 0 heterocycles. The third-order valence-corrected chi connectivity index (χ3v) is 1.62. The van der Waals surface area contributed by atoms with Crippen LogP contribution < -0.4 is 5.73 Å². The molecule has 0 atom stereocenters. The number of nitrogens with zero attached hydrogens (tertiary/aromatic N) is 1. The topological polar surface area (TPSA) is 38.4 Å². The van der Waals surface area contributed by atoms with Gasteiger partial charge in [-0.15, -0.1) is 0 Å². The molecule has 0 aliphatic rings. The maximum atomic E-state index is 5.69. The Balaban J connectivity index is 4.65. The van der Waals surface area contributed by atoms with E-state index in [1.54, 1.807) is 18.4 Å². The van der Waals surface area contributed by atoms with Crippen LogP contribution in [0.2, 0.25) is 0 Å². The summed E-state index contributed by atoms with van der Waals surface area (Å²) in [5, 5.41) is 0. The molecule has 70 valence electrons. The molecule has 0 amide bonds. The molecule has 0 saturated heterocycles. The zero-order chi connectivity index (χ0) is 10.3. The van der Waals surface area contributed by atoms with Gasteiger partial charge in [0.1, 0.15) is 0 Å². The first-order valence-electron chi connectivity index (χ1n) is 4.00. The molecule has 13 heavy (non-hydrogen) atoms. The van der Waals surface area contributed by atoms with E-state index < -0.39 is 0 Å². The van der Waals surface area contributed by atoms with Crippen molar-refractivity contribution in [3.63, 3.8) is 0 Å². The van der Waals surface area contributed by atoms with Crippen molar-refractivity contribution in [3.8, 4) is 0 Å². The molecule has 0 aliphatic heterocycles. The highest BCUT2D eigenvalue weighted by Gasteiger charge is 1.97. The maximum absolute atomic E-state index is 5.69. The number of allylic oxidation sites excluding steroid dienone is 4. The van der Waals surface area contributed by atoms with Crippen molar-refractivity contribution in [1.82, 2.24) is 0 Å². The van der Waals surface area contributed by atoms with E-state index in [1.807, 2.05) is 6.92 Å². The van der Waals surface area contributed by atoms with Crippen LogP contribution in [0.25, 0.3) is 0 Å². The Labute approximate surface area is 79.9 Å². The minimum atomic E-state index is 0.659. The average molecular weight is 176 g/mol. The number of hydrogen-bond acceptors (Lipinski definition) is 2. The zero-order valence-electron chi connectivity index (χ0n) is 8.09. The molecule has 0 aromatic heterocycles. The summed E-state index contributed by atoms with van der Waals surface area (Å²) in [6, 6.07) is 0. The van der Waals surface area contributed by atoms with Crippen molar-refractivity contribution in [2.24, 2.45) is 10.7 Å². The SMILES string of the molecule is C=C/C(N)=C(\C=C)C/C(C)=C/N=C. The lowest BCUT2D eigenvalue weighted by Crippen LogP contribution is -1.98. The van der Waals surface area contributed by atoms with E-state index in [-0.39, 0.29) is 0 Å². The van der Waals surface area contributed by atoms with Gasteiger partial charge in [0, 0.05) is 11.9 Å². The van der Waals surface area contributed by atoms with Crippen LogP contribution >= 0.6 is 0 Å². The van der Waals surface area contributed by atoms with Crippen molar-refractivity contribution < 1.29 is 0 Å². The monoisotopic (exact) mass is 176 g/mol.